The largest absolute Gasteiger partial charge is 0.317 e. The lowest BCUT2D eigenvalue weighted by atomic mass is 9.92. The standard InChI is InChI=1S/C52H42N2/c1-7-19-43(20-8-1)51(44-21-9-2-10-22-44)39-53(47-27-15-5-16-28-47)49-35-31-41(32-36-49)42-33-37-50(38-34-42)54(48-29-17-6-18-30-48)40-52(45-23-11-3-12-24-45)46-25-13-4-14-26-46/h1-13,15-25,27-40H,14,26H2/b52-40-. The van der Waals surface area contributed by atoms with Crippen molar-refractivity contribution in [3.8, 4) is 11.1 Å². The van der Waals surface area contributed by atoms with Gasteiger partial charge >= 0.3 is 0 Å². The van der Waals surface area contributed by atoms with Gasteiger partial charge in [0.25, 0.3) is 0 Å². The Labute approximate surface area is 319 Å². The van der Waals surface area contributed by atoms with Gasteiger partial charge in [-0.3, -0.25) is 0 Å². The van der Waals surface area contributed by atoms with Crippen molar-refractivity contribution in [1.82, 2.24) is 0 Å². The van der Waals surface area contributed by atoms with Gasteiger partial charge in [0.2, 0.25) is 0 Å². The van der Waals surface area contributed by atoms with Crippen LogP contribution in [-0.4, -0.2) is 0 Å². The quantitative estimate of drug-likeness (QED) is 0.133. The molecule has 0 atom stereocenters. The van der Waals surface area contributed by atoms with Crippen molar-refractivity contribution in [3.05, 3.63) is 253 Å². The summed E-state index contributed by atoms with van der Waals surface area (Å²) in [5, 5.41) is 0. The van der Waals surface area contributed by atoms with Crippen LogP contribution in [0.2, 0.25) is 0 Å². The lowest BCUT2D eigenvalue weighted by molar-refractivity contribution is 0.994. The molecular formula is C52H42N2. The number of para-hydroxylation sites is 2. The number of hydrogen-bond acceptors (Lipinski definition) is 2. The summed E-state index contributed by atoms with van der Waals surface area (Å²) in [6.07, 6.45) is 13.3. The Morgan fingerprint density at radius 3 is 1.11 bits per heavy atom. The third-order valence-electron chi connectivity index (χ3n) is 9.82. The van der Waals surface area contributed by atoms with Gasteiger partial charge in [-0.15, -0.1) is 0 Å². The van der Waals surface area contributed by atoms with E-state index in [2.05, 4.69) is 241 Å². The van der Waals surface area contributed by atoms with Crippen LogP contribution < -0.4 is 9.80 Å². The van der Waals surface area contributed by atoms with Crippen LogP contribution >= 0.6 is 0 Å². The van der Waals surface area contributed by atoms with Crippen LogP contribution in [0.5, 0.6) is 0 Å². The molecular weight excluding hydrogens is 653 g/mol. The number of hydrogen-bond donors (Lipinski definition) is 0. The molecule has 0 unspecified atom stereocenters. The fourth-order valence-corrected chi connectivity index (χ4v) is 7.00. The first-order chi connectivity index (χ1) is 26.8. The minimum absolute atomic E-state index is 1.02. The Morgan fingerprint density at radius 1 is 0.370 bits per heavy atom. The van der Waals surface area contributed by atoms with Crippen molar-refractivity contribution in [3.63, 3.8) is 0 Å². The van der Waals surface area contributed by atoms with Gasteiger partial charge in [-0.2, -0.15) is 0 Å². The molecule has 2 nitrogen and oxygen atoms in total. The van der Waals surface area contributed by atoms with Crippen molar-refractivity contribution in [2.45, 2.75) is 12.8 Å². The summed E-state index contributed by atoms with van der Waals surface area (Å²) < 4.78 is 0. The molecule has 0 fully saturated rings. The number of anilines is 4. The molecule has 54 heavy (non-hydrogen) atoms. The molecule has 260 valence electrons. The average molecular weight is 695 g/mol. The Hall–Kier alpha value is -6.90. The third-order valence-corrected chi connectivity index (χ3v) is 9.82. The minimum Gasteiger partial charge on any atom is -0.317 e. The first-order valence-electron chi connectivity index (χ1n) is 18.7. The fraction of sp³-hybridized carbons (Fsp3) is 0.0385. The van der Waals surface area contributed by atoms with Gasteiger partial charge in [-0.05, 0) is 94.8 Å². The lowest BCUT2D eigenvalue weighted by Gasteiger charge is -2.25. The Balaban J connectivity index is 1.14. The van der Waals surface area contributed by atoms with Gasteiger partial charge in [-0.1, -0.05) is 170 Å². The van der Waals surface area contributed by atoms with E-state index >= 15 is 0 Å². The molecule has 0 saturated carbocycles. The van der Waals surface area contributed by atoms with E-state index in [0.29, 0.717) is 0 Å². The maximum Gasteiger partial charge on any atom is 0.0456 e. The topological polar surface area (TPSA) is 6.48 Å². The second-order valence-corrected chi connectivity index (χ2v) is 13.3. The molecule has 0 spiro atoms. The molecule has 0 saturated heterocycles. The number of benzene rings is 7. The smallest absolute Gasteiger partial charge is 0.0456 e. The van der Waals surface area contributed by atoms with Gasteiger partial charge in [0.15, 0.2) is 0 Å². The monoisotopic (exact) mass is 694 g/mol. The summed E-state index contributed by atoms with van der Waals surface area (Å²) in [4.78, 5) is 4.60. The average Bonchev–Trinajstić information content (AvgIpc) is 3.26. The molecule has 0 bridgehead atoms. The third kappa shape index (κ3) is 7.94. The predicted octanol–water partition coefficient (Wildman–Crippen LogP) is 14.0. The van der Waals surface area contributed by atoms with Crippen molar-refractivity contribution in [1.29, 1.82) is 0 Å². The Kier molecular flexibility index (Phi) is 10.5. The van der Waals surface area contributed by atoms with E-state index in [9.17, 15) is 0 Å². The Morgan fingerprint density at radius 2 is 0.722 bits per heavy atom. The molecule has 0 aliphatic heterocycles. The van der Waals surface area contributed by atoms with Crippen LogP contribution in [0.1, 0.15) is 29.5 Å². The maximum absolute atomic E-state index is 2.31. The van der Waals surface area contributed by atoms with Crippen LogP contribution in [-0.2, 0) is 0 Å². The highest BCUT2D eigenvalue weighted by Gasteiger charge is 2.16. The summed E-state index contributed by atoms with van der Waals surface area (Å²) >= 11 is 0. The number of rotatable bonds is 11. The zero-order valence-electron chi connectivity index (χ0n) is 30.2. The minimum atomic E-state index is 1.02. The zero-order valence-corrected chi connectivity index (χ0v) is 30.2. The van der Waals surface area contributed by atoms with Crippen molar-refractivity contribution >= 4 is 33.9 Å². The highest BCUT2D eigenvalue weighted by atomic mass is 15.1. The SMILES string of the molecule is C1=CCCC(/C(=C\N(c2ccccc2)c2ccc(-c3ccc(N(C=C(c4ccccc4)c4ccccc4)c4ccccc4)cc3)cc2)c2ccccc2)=C1. The van der Waals surface area contributed by atoms with E-state index in [-0.39, 0.29) is 0 Å². The van der Waals surface area contributed by atoms with E-state index in [1.165, 1.54) is 39.0 Å². The van der Waals surface area contributed by atoms with Gasteiger partial charge in [-0.25, -0.2) is 0 Å². The summed E-state index contributed by atoms with van der Waals surface area (Å²) in [6, 6.07) is 71.0. The first-order valence-corrected chi connectivity index (χ1v) is 18.7. The van der Waals surface area contributed by atoms with Gasteiger partial charge in [0.05, 0.1) is 0 Å². The fourth-order valence-electron chi connectivity index (χ4n) is 7.00. The molecule has 0 aromatic heterocycles. The van der Waals surface area contributed by atoms with Gasteiger partial charge in [0, 0.05) is 46.3 Å². The van der Waals surface area contributed by atoms with Crippen LogP contribution in [0.25, 0.3) is 22.3 Å². The zero-order chi connectivity index (χ0) is 36.4. The Bertz CT molecular complexity index is 2330. The maximum atomic E-state index is 2.31. The van der Waals surface area contributed by atoms with Crippen LogP contribution in [0.4, 0.5) is 22.7 Å². The van der Waals surface area contributed by atoms with E-state index in [0.717, 1.165) is 41.2 Å². The van der Waals surface area contributed by atoms with Gasteiger partial charge < -0.3 is 9.80 Å². The normalized spacial score (nSPS) is 12.4. The molecule has 2 heteroatoms. The van der Waals surface area contributed by atoms with Crippen LogP contribution in [0, 0.1) is 0 Å². The molecule has 8 rings (SSSR count). The summed E-state index contributed by atoms with van der Waals surface area (Å²) in [6.45, 7) is 0. The molecule has 7 aromatic carbocycles. The molecule has 0 radical (unpaired) electrons. The lowest BCUT2D eigenvalue weighted by Crippen LogP contribution is -2.11. The first kappa shape index (κ1) is 34.2. The summed E-state index contributed by atoms with van der Waals surface area (Å²) in [7, 11) is 0. The van der Waals surface area contributed by atoms with E-state index < -0.39 is 0 Å². The predicted molar refractivity (Wildman–Crippen MR) is 230 cm³/mol. The van der Waals surface area contributed by atoms with E-state index in [4.69, 9.17) is 0 Å². The molecule has 7 aromatic rings. The highest BCUT2D eigenvalue weighted by Crippen LogP contribution is 2.36. The number of nitrogens with zero attached hydrogens (tertiary/aromatic N) is 2. The molecule has 1 aliphatic rings. The second-order valence-electron chi connectivity index (χ2n) is 13.3. The highest BCUT2D eigenvalue weighted by molar-refractivity contribution is 5.86. The van der Waals surface area contributed by atoms with Crippen LogP contribution in [0.15, 0.2) is 236 Å². The van der Waals surface area contributed by atoms with E-state index in [1.807, 2.05) is 0 Å². The molecule has 0 heterocycles. The van der Waals surface area contributed by atoms with E-state index in [1.54, 1.807) is 0 Å². The summed E-state index contributed by atoms with van der Waals surface area (Å²) in [5.41, 5.74) is 14.1. The summed E-state index contributed by atoms with van der Waals surface area (Å²) in [5.74, 6) is 0. The molecule has 0 N–H and O–H groups in total. The second kappa shape index (κ2) is 16.6. The van der Waals surface area contributed by atoms with Crippen molar-refractivity contribution < 1.29 is 0 Å². The molecule has 1 aliphatic carbocycles. The van der Waals surface area contributed by atoms with Gasteiger partial charge in [0.1, 0.15) is 0 Å². The number of allylic oxidation sites excluding steroid dienone is 5. The molecule has 0 amide bonds. The van der Waals surface area contributed by atoms with Crippen molar-refractivity contribution in [2.24, 2.45) is 0 Å². The van der Waals surface area contributed by atoms with Crippen molar-refractivity contribution in [2.75, 3.05) is 9.80 Å². The van der Waals surface area contributed by atoms with Crippen LogP contribution in [0.3, 0.4) is 0 Å².